The molecular weight excluding hydrogens is 380 g/mol. The molecule has 0 aromatic carbocycles. The second-order valence-electron chi connectivity index (χ2n) is 7.64. The number of ether oxygens (including phenoxy) is 2. The van der Waals surface area contributed by atoms with Crippen LogP contribution in [0.3, 0.4) is 0 Å². The van der Waals surface area contributed by atoms with E-state index in [-0.39, 0.29) is 12.2 Å². The number of likely N-dealkylation sites (N-methyl/N-ethyl adjacent to an activating group) is 1. The molecule has 8 heteroatoms. The molecule has 2 aromatic heterocycles. The van der Waals surface area contributed by atoms with E-state index in [9.17, 15) is 0 Å². The summed E-state index contributed by atoms with van der Waals surface area (Å²) >= 11 is 0. The molecule has 3 heterocycles. The van der Waals surface area contributed by atoms with Crippen LogP contribution in [0.5, 0.6) is 0 Å². The van der Waals surface area contributed by atoms with E-state index in [0.717, 1.165) is 34.7 Å². The van der Waals surface area contributed by atoms with Gasteiger partial charge in [0.2, 0.25) is 0 Å². The first-order chi connectivity index (χ1) is 14.7. The smallest absolute Gasteiger partial charge is 0.197 e. The van der Waals surface area contributed by atoms with Gasteiger partial charge < -0.3 is 18.8 Å². The third-order valence-corrected chi connectivity index (χ3v) is 5.82. The van der Waals surface area contributed by atoms with Crippen LogP contribution in [0.1, 0.15) is 18.5 Å². The topological polar surface area (TPSA) is 76.6 Å². The van der Waals surface area contributed by atoms with Crippen LogP contribution in [-0.4, -0.2) is 70.8 Å². The summed E-state index contributed by atoms with van der Waals surface area (Å²) in [6.07, 6.45) is 17.3. The lowest BCUT2D eigenvalue weighted by atomic mass is 9.98. The summed E-state index contributed by atoms with van der Waals surface area (Å²) in [4.78, 5) is 20.8. The van der Waals surface area contributed by atoms with Crippen LogP contribution in [0, 0.1) is 0 Å². The highest BCUT2D eigenvalue weighted by Crippen LogP contribution is 2.31. The predicted octanol–water partition coefficient (Wildman–Crippen LogP) is 2.81. The van der Waals surface area contributed by atoms with E-state index < -0.39 is 0 Å². The zero-order valence-corrected chi connectivity index (χ0v) is 17.3. The molecule has 0 saturated heterocycles. The van der Waals surface area contributed by atoms with Crippen LogP contribution < -0.4 is 0 Å². The van der Waals surface area contributed by atoms with Crippen LogP contribution in [0.2, 0.25) is 0 Å². The minimum absolute atomic E-state index is 0.0716. The first-order valence-electron chi connectivity index (χ1n) is 9.99. The number of hydrogen-bond acceptors (Lipinski definition) is 7. The summed E-state index contributed by atoms with van der Waals surface area (Å²) in [7, 11) is 5.43. The largest absolute Gasteiger partial charge is 0.378 e. The van der Waals surface area contributed by atoms with Crippen molar-refractivity contribution in [3.63, 3.8) is 0 Å². The molecule has 5 rings (SSSR count). The number of nitrogens with zero attached hydrogens (tertiary/aromatic N) is 6. The molecule has 8 nitrogen and oxygen atoms in total. The number of aromatic nitrogens is 3. The van der Waals surface area contributed by atoms with Crippen molar-refractivity contribution in [2.75, 3.05) is 21.3 Å². The molecule has 0 radical (unpaired) electrons. The van der Waals surface area contributed by atoms with Crippen molar-refractivity contribution in [3.05, 3.63) is 54.3 Å². The monoisotopic (exact) mass is 404 g/mol. The van der Waals surface area contributed by atoms with Crippen molar-refractivity contribution in [1.82, 2.24) is 19.3 Å². The zero-order chi connectivity index (χ0) is 20.7. The third-order valence-electron chi connectivity index (χ3n) is 5.82. The maximum Gasteiger partial charge on any atom is 0.197 e. The van der Waals surface area contributed by atoms with Gasteiger partial charge in [-0.1, -0.05) is 12.2 Å². The maximum atomic E-state index is 5.57. The average Bonchev–Trinajstić information content (AvgIpc) is 3.40. The van der Waals surface area contributed by atoms with Crippen molar-refractivity contribution in [2.45, 2.75) is 31.1 Å². The highest BCUT2D eigenvalue weighted by Gasteiger charge is 2.26. The number of methoxy groups -OCH3 is 2. The summed E-state index contributed by atoms with van der Waals surface area (Å²) in [5.74, 6) is 0.594. The molecule has 3 aliphatic rings. The van der Waals surface area contributed by atoms with Gasteiger partial charge in [-0.05, 0) is 24.1 Å². The van der Waals surface area contributed by atoms with E-state index >= 15 is 0 Å². The highest BCUT2D eigenvalue weighted by molar-refractivity contribution is 5.98. The quantitative estimate of drug-likeness (QED) is 0.783. The van der Waals surface area contributed by atoms with E-state index in [1.165, 1.54) is 0 Å². The Bertz CT molecular complexity index is 1130. The van der Waals surface area contributed by atoms with Gasteiger partial charge in [-0.3, -0.25) is 0 Å². The minimum atomic E-state index is -0.0725. The second kappa shape index (κ2) is 7.62. The Morgan fingerprint density at radius 2 is 2.13 bits per heavy atom. The molecule has 2 aromatic rings. The Kier molecular flexibility index (Phi) is 4.80. The molecule has 30 heavy (non-hydrogen) atoms. The summed E-state index contributed by atoms with van der Waals surface area (Å²) in [5.41, 5.74) is 4.59. The van der Waals surface area contributed by atoms with Gasteiger partial charge in [0, 0.05) is 52.0 Å². The van der Waals surface area contributed by atoms with Crippen molar-refractivity contribution in [1.29, 1.82) is 0 Å². The number of allylic oxidation sites excluding steroid dienone is 3. The van der Waals surface area contributed by atoms with Gasteiger partial charge in [-0.15, -0.1) is 0 Å². The lowest BCUT2D eigenvalue weighted by Gasteiger charge is -2.25. The van der Waals surface area contributed by atoms with Crippen LogP contribution in [-0.2, 0) is 9.47 Å². The highest BCUT2D eigenvalue weighted by atomic mass is 16.5. The molecular formula is C22H24N6O2. The minimum Gasteiger partial charge on any atom is -0.378 e. The SMILES string of the molecule is COC1C=CC(=Nc2nc(C3=CCC4C(=C3)N=CN4C)cn3ccnc23)CC1OC. The Balaban J connectivity index is 1.53. The Hall–Kier alpha value is -3.10. The van der Waals surface area contributed by atoms with Gasteiger partial charge in [0.15, 0.2) is 11.5 Å². The molecule has 0 saturated carbocycles. The molecule has 3 atom stereocenters. The zero-order valence-electron chi connectivity index (χ0n) is 17.3. The fraction of sp³-hybridized carbons (Fsp3) is 0.364. The van der Waals surface area contributed by atoms with Crippen LogP contribution in [0.15, 0.2) is 58.6 Å². The van der Waals surface area contributed by atoms with Gasteiger partial charge in [0.1, 0.15) is 6.10 Å². The number of imidazole rings is 1. The number of fused-ring (bicyclic) bond motifs is 2. The Morgan fingerprint density at radius 1 is 1.23 bits per heavy atom. The first-order valence-corrected chi connectivity index (χ1v) is 9.99. The van der Waals surface area contributed by atoms with Crippen molar-refractivity contribution >= 4 is 29.1 Å². The van der Waals surface area contributed by atoms with Crippen LogP contribution >= 0.6 is 0 Å². The van der Waals surface area contributed by atoms with E-state index in [4.69, 9.17) is 19.5 Å². The summed E-state index contributed by atoms with van der Waals surface area (Å²) < 4.78 is 13.0. The fourth-order valence-electron chi connectivity index (χ4n) is 4.10. The van der Waals surface area contributed by atoms with Gasteiger partial charge >= 0.3 is 0 Å². The van der Waals surface area contributed by atoms with Crippen molar-refractivity contribution < 1.29 is 9.47 Å². The van der Waals surface area contributed by atoms with E-state index in [1.807, 2.05) is 35.3 Å². The fourth-order valence-corrected chi connectivity index (χ4v) is 4.10. The number of rotatable bonds is 4. The summed E-state index contributed by atoms with van der Waals surface area (Å²) in [6.45, 7) is 0. The molecule has 0 amide bonds. The van der Waals surface area contributed by atoms with Gasteiger partial charge in [0.25, 0.3) is 0 Å². The predicted molar refractivity (Wildman–Crippen MR) is 116 cm³/mol. The molecule has 154 valence electrons. The van der Waals surface area contributed by atoms with Crippen molar-refractivity contribution in [3.8, 4) is 0 Å². The lowest BCUT2D eigenvalue weighted by Crippen LogP contribution is -2.33. The molecule has 0 spiro atoms. The van der Waals surface area contributed by atoms with E-state index in [0.29, 0.717) is 18.3 Å². The summed E-state index contributed by atoms with van der Waals surface area (Å²) in [6, 6.07) is 0.317. The average molecular weight is 404 g/mol. The van der Waals surface area contributed by atoms with E-state index in [2.05, 4.69) is 34.1 Å². The normalized spacial score (nSPS) is 27.0. The van der Waals surface area contributed by atoms with Crippen LogP contribution in [0.4, 0.5) is 5.82 Å². The molecule has 0 fully saturated rings. The van der Waals surface area contributed by atoms with Crippen molar-refractivity contribution in [2.24, 2.45) is 9.98 Å². The molecule has 0 N–H and O–H groups in total. The van der Waals surface area contributed by atoms with Gasteiger partial charge in [-0.25, -0.2) is 20.0 Å². The second-order valence-corrected chi connectivity index (χ2v) is 7.64. The Labute approximate surface area is 175 Å². The molecule has 0 bridgehead atoms. The molecule has 1 aliphatic heterocycles. The van der Waals surface area contributed by atoms with Crippen LogP contribution in [0.25, 0.3) is 11.2 Å². The van der Waals surface area contributed by atoms with Gasteiger partial charge in [0.05, 0.1) is 29.9 Å². The van der Waals surface area contributed by atoms with E-state index in [1.54, 1.807) is 20.4 Å². The molecule has 3 unspecified atom stereocenters. The Morgan fingerprint density at radius 3 is 2.97 bits per heavy atom. The third kappa shape index (κ3) is 3.28. The standard InChI is InChI=1S/C22H24N6O2/c1-27-13-24-16-10-14(4-6-18(16)27)17-12-28-9-8-23-22(28)21(26-17)25-15-5-7-19(29-2)20(11-15)30-3/h4-5,7-10,12-13,18-20H,6,11H2,1-3H3. The molecule has 2 aliphatic carbocycles. The maximum absolute atomic E-state index is 5.57. The number of hydrogen-bond donors (Lipinski definition) is 0. The number of aliphatic imine (C=N–C) groups is 2. The summed E-state index contributed by atoms with van der Waals surface area (Å²) in [5, 5.41) is 0. The van der Waals surface area contributed by atoms with Gasteiger partial charge in [-0.2, -0.15) is 0 Å². The first kappa shape index (κ1) is 18.9. The lowest BCUT2D eigenvalue weighted by molar-refractivity contribution is -0.00856.